The third-order valence-electron chi connectivity index (χ3n) is 5.17. The van der Waals surface area contributed by atoms with Crippen LogP contribution in [0.4, 0.5) is 5.69 Å². The minimum atomic E-state index is -0.0700. The second-order valence-corrected chi connectivity index (χ2v) is 7.77. The van der Waals surface area contributed by atoms with E-state index in [-0.39, 0.29) is 17.7 Å². The highest BCUT2D eigenvalue weighted by atomic mass is 35.5. The van der Waals surface area contributed by atoms with Gasteiger partial charge in [-0.3, -0.25) is 9.59 Å². The molecule has 27 heavy (non-hydrogen) atoms. The van der Waals surface area contributed by atoms with Crippen LogP contribution < -0.4 is 5.32 Å². The minimum Gasteiger partial charge on any atom is -0.339 e. The number of hydrogen-bond acceptors (Lipinski definition) is 2. The molecule has 2 aromatic carbocycles. The van der Waals surface area contributed by atoms with Gasteiger partial charge in [-0.2, -0.15) is 0 Å². The Balaban J connectivity index is 1.59. The Bertz CT molecular complexity index is 830. The van der Waals surface area contributed by atoms with Crippen molar-refractivity contribution in [2.24, 2.45) is 5.92 Å². The highest BCUT2D eigenvalue weighted by molar-refractivity contribution is 6.30. The van der Waals surface area contributed by atoms with Crippen LogP contribution >= 0.6 is 11.6 Å². The highest BCUT2D eigenvalue weighted by Crippen LogP contribution is 2.25. The minimum absolute atomic E-state index is 0.00394. The van der Waals surface area contributed by atoms with E-state index in [2.05, 4.69) is 24.4 Å². The van der Waals surface area contributed by atoms with E-state index in [9.17, 15) is 9.59 Å². The Morgan fingerprint density at radius 1 is 1.00 bits per heavy atom. The van der Waals surface area contributed by atoms with E-state index in [0.717, 1.165) is 16.8 Å². The smallest absolute Gasteiger partial charge is 0.253 e. The summed E-state index contributed by atoms with van der Waals surface area (Å²) in [4.78, 5) is 27.1. The molecule has 5 heteroatoms. The van der Waals surface area contributed by atoms with Crippen LogP contribution in [0.1, 0.15) is 39.9 Å². The number of nitrogens with zero attached hydrogens (tertiary/aromatic N) is 1. The van der Waals surface area contributed by atoms with Crippen molar-refractivity contribution in [3.8, 4) is 0 Å². The van der Waals surface area contributed by atoms with Crippen LogP contribution in [-0.2, 0) is 4.79 Å². The molecule has 0 spiro atoms. The number of carbonyl (C=O) groups is 2. The molecule has 3 rings (SSSR count). The van der Waals surface area contributed by atoms with Crippen molar-refractivity contribution in [1.82, 2.24) is 4.90 Å². The molecular weight excluding hydrogens is 360 g/mol. The van der Waals surface area contributed by atoms with Gasteiger partial charge < -0.3 is 10.2 Å². The molecule has 1 saturated heterocycles. The molecule has 1 fully saturated rings. The van der Waals surface area contributed by atoms with Crippen LogP contribution in [0.2, 0.25) is 5.02 Å². The number of piperidine rings is 1. The maximum atomic E-state index is 12.7. The molecule has 1 aliphatic rings. The third kappa shape index (κ3) is 4.51. The second kappa shape index (κ2) is 8.13. The van der Waals surface area contributed by atoms with Gasteiger partial charge in [0.05, 0.1) is 0 Å². The Morgan fingerprint density at radius 2 is 1.56 bits per heavy atom. The lowest BCUT2D eigenvalue weighted by atomic mass is 9.94. The number of nitrogens with one attached hydrogen (secondary N) is 1. The predicted octanol–water partition coefficient (Wildman–Crippen LogP) is 4.76. The summed E-state index contributed by atoms with van der Waals surface area (Å²) in [5, 5.41) is 3.71. The molecule has 1 heterocycles. The zero-order chi connectivity index (χ0) is 19.6. The van der Waals surface area contributed by atoms with E-state index in [1.807, 2.05) is 18.7 Å². The number of benzene rings is 2. The maximum Gasteiger partial charge on any atom is 0.253 e. The molecule has 0 radical (unpaired) electrons. The summed E-state index contributed by atoms with van der Waals surface area (Å²) in [6.45, 7) is 7.27. The lowest BCUT2D eigenvalue weighted by molar-refractivity contribution is -0.121. The first-order valence-electron chi connectivity index (χ1n) is 9.28. The van der Waals surface area contributed by atoms with Gasteiger partial charge in [0, 0.05) is 35.3 Å². The molecule has 1 aliphatic heterocycles. The molecule has 0 unspecified atom stereocenters. The maximum absolute atomic E-state index is 12.7. The molecule has 0 saturated carbocycles. The largest absolute Gasteiger partial charge is 0.339 e. The molecule has 0 bridgehead atoms. The Morgan fingerprint density at radius 3 is 2.11 bits per heavy atom. The van der Waals surface area contributed by atoms with E-state index >= 15 is 0 Å². The van der Waals surface area contributed by atoms with Crippen LogP contribution in [0.15, 0.2) is 36.4 Å². The zero-order valence-corrected chi connectivity index (χ0v) is 16.8. The fraction of sp³-hybridized carbons (Fsp3) is 0.364. The number of likely N-dealkylation sites (tertiary alicyclic amines) is 1. The fourth-order valence-electron chi connectivity index (χ4n) is 3.72. The second-order valence-electron chi connectivity index (χ2n) is 7.34. The van der Waals surface area contributed by atoms with Crippen molar-refractivity contribution in [2.75, 3.05) is 18.4 Å². The lowest BCUT2D eigenvalue weighted by Crippen LogP contribution is -2.41. The van der Waals surface area contributed by atoms with Gasteiger partial charge in [-0.1, -0.05) is 29.3 Å². The molecule has 0 atom stereocenters. The summed E-state index contributed by atoms with van der Waals surface area (Å²) < 4.78 is 0. The molecule has 2 amide bonds. The molecule has 1 N–H and O–H groups in total. The van der Waals surface area contributed by atoms with Gasteiger partial charge in [0.15, 0.2) is 0 Å². The summed E-state index contributed by atoms with van der Waals surface area (Å²) in [6.07, 6.45) is 1.35. The molecule has 2 aromatic rings. The average Bonchev–Trinajstić information content (AvgIpc) is 2.64. The summed E-state index contributed by atoms with van der Waals surface area (Å²) in [5.41, 5.74) is 4.89. The van der Waals surface area contributed by atoms with E-state index in [1.165, 1.54) is 5.56 Å². The fourth-order valence-corrected chi connectivity index (χ4v) is 3.85. The Labute approximate surface area is 165 Å². The lowest BCUT2D eigenvalue weighted by Gasteiger charge is -2.31. The number of hydrogen-bond donors (Lipinski definition) is 1. The summed E-state index contributed by atoms with van der Waals surface area (Å²) in [6, 6.07) is 11.1. The van der Waals surface area contributed by atoms with Gasteiger partial charge in [0.1, 0.15) is 0 Å². The normalized spacial score (nSPS) is 14.9. The van der Waals surface area contributed by atoms with Crippen LogP contribution in [0, 0.1) is 26.7 Å². The Kier molecular flexibility index (Phi) is 5.85. The quantitative estimate of drug-likeness (QED) is 0.829. The summed E-state index contributed by atoms with van der Waals surface area (Å²) in [5.74, 6) is -0.0289. The van der Waals surface area contributed by atoms with Crippen molar-refractivity contribution in [3.05, 3.63) is 63.7 Å². The zero-order valence-electron chi connectivity index (χ0n) is 16.0. The first kappa shape index (κ1) is 19.4. The van der Waals surface area contributed by atoms with E-state index in [4.69, 9.17) is 11.6 Å². The van der Waals surface area contributed by atoms with Crippen molar-refractivity contribution in [2.45, 2.75) is 33.6 Å². The molecule has 0 aromatic heterocycles. The van der Waals surface area contributed by atoms with Crippen molar-refractivity contribution in [3.63, 3.8) is 0 Å². The van der Waals surface area contributed by atoms with E-state index in [0.29, 0.717) is 36.5 Å². The first-order valence-corrected chi connectivity index (χ1v) is 9.66. The number of rotatable bonds is 3. The van der Waals surface area contributed by atoms with Crippen LogP contribution in [0.25, 0.3) is 0 Å². The molecule has 0 aliphatic carbocycles. The number of aryl methyl sites for hydroxylation is 3. The van der Waals surface area contributed by atoms with Crippen molar-refractivity contribution in [1.29, 1.82) is 0 Å². The van der Waals surface area contributed by atoms with Gasteiger partial charge >= 0.3 is 0 Å². The van der Waals surface area contributed by atoms with Gasteiger partial charge in [0.25, 0.3) is 5.91 Å². The van der Waals surface area contributed by atoms with Gasteiger partial charge in [-0.25, -0.2) is 0 Å². The number of carbonyl (C=O) groups excluding carboxylic acids is 2. The van der Waals surface area contributed by atoms with Gasteiger partial charge in [-0.05, 0) is 69.0 Å². The summed E-state index contributed by atoms with van der Waals surface area (Å²) in [7, 11) is 0. The topological polar surface area (TPSA) is 49.4 Å². The Hall–Kier alpha value is -2.33. The van der Waals surface area contributed by atoms with Crippen molar-refractivity contribution < 1.29 is 9.59 Å². The third-order valence-corrected chi connectivity index (χ3v) is 5.42. The number of amides is 2. The van der Waals surface area contributed by atoms with Crippen molar-refractivity contribution >= 4 is 29.1 Å². The van der Waals surface area contributed by atoms with Gasteiger partial charge in [0.2, 0.25) is 5.91 Å². The molecular formula is C22H25ClN2O2. The highest BCUT2D eigenvalue weighted by Gasteiger charge is 2.28. The average molecular weight is 385 g/mol. The van der Waals surface area contributed by atoms with E-state index < -0.39 is 0 Å². The molecule has 4 nitrogen and oxygen atoms in total. The van der Waals surface area contributed by atoms with Crippen LogP contribution in [0.5, 0.6) is 0 Å². The summed E-state index contributed by atoms with van der Waals surface area (Å²) >= 11 is 5.88. The number of anilines is 1. The standard InChI is InChI=1S/C22H25ClN2O2/c1-14-12-15(2)20(16(3)13-14)24-21(26)17-8-10-25(11-9-17)22(27)18-4-6-19(23)7-5-18/h4-7,12-13,17H,8-11H2,1-3H3,(H,24,26). The van der Waals surface area contributed by atoms with Crippen LogP contribution in [0.3, 0.4) is 0 Å². The monoisotopic (exact) mass is 384 g/mol. The van der Waals surface area contributed by atoms with E-state index in [1.54, 1.807) is 24.3 Å². The first-order chi connectivity index (χ1) is 12.8. The molecule has 142 valence electrons. The van der Waals surface area contributed by atoms with Gasteiger partial charge in [-0.15, -0.1) is 0 Å². The van der Waals surface area contributed by atoms with Crippen LogP contribution in [-0.4, -0.2) is 29.8 Å². The predicted molar refractivity (Wildman–Crippen MR) is 109 cm³/mol. The number of halogens is 1. The SMILES string of the molecule is Cc1cc(C)c(NC(=O)C2CCN(C(=O)c3ccc(Cl)cc3)CC2)c(C)c1.